The van der Waals surface area contributed by atoms with E-state index in [1.807, 2.05) is 0 Å². The molecule has 5 atom stereocenters. The summed E-state index contributed by atoms with van der Waals surface area (Å²) < 4.78 is 0. The SMILES string of the molecule is C[C@@]12C[C@H]3CC1C2[C@@H]3N. The van der Waals surface area contributed by atoms with Crippen molar-refractivity contribution in [3.05, 3.63) is 0 Å². The van der Waals surface area contributed by atoms with Gasteiger partial charge in [-0.3, -0.25) is 0 Å². The fourth-order valence-electron chi connectivity index (χ4n) is 3.67. The molecule has 1 heteroatoms. The molecule has 4 fully saturated rings. The van der Waals surface area contributed by atoms with Crippen molar-refractivity contribution >= 4 is 0 Å². The van der Waals surface area contributed by atoms with Crippen LogP contribution in [0.25, 0.3) is 0 Å². The molecule has 0 aromatic rings. The first-order chi connectivity index (χ1) is 4.23. The van der Waals surface area contributed by atoms with Gasteiger partial charge < -0.3 is 5.73 Å². The topological polar surface area (TPSA) is 26.0 Å². The van der Waals surface area contributed by atoms with Crippen molar-refractivity contribution in [2.75, 3.05) is 0 Å². The third-order valence-electron chi connectivity index (χ3n) is 4.15. The Morgan fingerprint density at radius 3 is 2.44 bits per heavy atom. The Hall–Kier alpha value is -0.0400. The van der Waals surface area contributed by atoms with Gasteiger partial charge in [-0.2, -0.15) is 0 Å². The first kappa shape index (κ1) is 4.73. The number of hydrogen-bond donors (Lipinski definition) is 1. The van der Waals surface area contributed by atoms with Crippen LogP contribution in [0, 0.1) is 23.2 Å². The second kappa shape index (κ2) is 0.968. The summed E-state index contributed by atoms with van der Waals surface area (Å²) in [4.78, 5) is 0. The lowest BCUT2D eigenvalue weighted by atomic mass is 10.1. The average molecular weight is 123 g/mol. The molecule has 0 amide bonds. The highest BCUT2D eigenvalue weighted by Crippen LogP contribution is 2.78. The molecule has 0 aromatic heterocycles. The van der Waals surface area contributed by atoms with E-state index in [4.69, 9.17) is 5.73 Å². The fraction of sp³-hybridized carbons (Fsp3) is 1.00. The van der Waals surface area contributed by atoms with E-state index >= 15 is 0 Å². The number of hydrogen-bond acceptors (Lipinski definition) is 1. The second-order valence-corrected chi connectivity index (χ2v) is 4.42. The van der Waals surface area contributed by atoms with E-state index in [2.05, 4.69) is 6.92 Å². The molecule has 4 bridgehead atoms. The highest BCUT2D eigenvalue weighted by Gasteiger charge is 2.75. The Balaban J connectivity index is 2.10. The number of rotatable bonds is 0. The summed E-state index contributed by atoms with van der Waals surface area (Å²) >= 11 is 0. The summed E-state index contributed by atoms with van der Waals surface area (Å²) in [5, 5.41) is 0. The minimum atomic E-state index is 0.597. The Kier molecular flexibility index (Phi) is 0.508. The predicted octanol–water partition coefficient (Wildman–Crippen LogP) is 0.990. The van der Waals surface area contributed by atoms with Crippen LogP contribution in [0.4, 0.5) is 0 Å². The van der Waals surface area contributed by atoms with Gasteiger partial charge in [-0.15, -0.1) is 0 Å². The van der Waals surface area contributed by atoms with E-state index in [1.54, 1.807) is 0 Å². The molecule has 2 unspecified atom stereocenters. The van der Waals surface area contributed by atoms with Gasteiger partial charge in [0.15, 0.2) is 0 Å². The van der Waals surface area contributed by atoms with Gasteiger partial charge >= 0.3 is 0 Å². The molecule has 0 saturated heterocycles. The largest absolute Gasteiger partial charge is 0.327 e. The molecule has 4 aliphatic rings. The molecule has 9 heavy (non-hydrogen) atoms. The molecule has 0 heterocycles. The maximum absolute atomic E-state index is 5.99. The molecular formula is C8H13N. The standard InChI is InChI=1S/C8H13N/c1-8-3-4-2-5(8)6(8)7(4)9/h4-7H,2-3,9H2,1H3/t4-,5?,6?,7-,8-/m1/s1. The van der Waals surface area contributed by atoms with Crippen LogP contribution in [-0.2, 0) is 0 Å². The van der Waals surface area contributed by atoms with Gasteiger partial charge in [0, 0.05) is 6.04 Å². The van der Waals surface area contributed by atoms with E-state index in [1.165, 1.54) is 12.8 Å². The van der Waals surface area contributed by atoms with Crippen molar-refractivity contribution in [3.63, 3.8) is 0 Å². The van der Waals surface area contributed by atoms with Gasteiger partial charge in [0.05, 0.1) is 0 Å². The maximum Gasteiger partial charge on any atom is 0.0104 e. The second-order valence-electron chi connectivity index (χ2n) is 4.42. The molecular weight excluding hydrogens is 110 g/mol. The van der Waals surface area contributed by atoms with Crippen molar-refractivity contribution < 1.29 is 0 Å². The van der Waals surface area contributed by atoms with Crippen molar-refractivity contribution in [1.82, 2.24) is 0 Å². The van der Waals surface area contributed by atoms with E-state index in [0.717, 1.165) is 23.2 Å². The Labute approximate surface area is 55.6 Å². The average Bonchev–Trinajstić information content (AvgIpc) is 2.21. The quantitative estimate of drug-likeness (QED) is 0.510. The summed E-state index contributed by atoms with van der Waals surface area (Å²) in [6, 6.07) is 0.597. The molecule has 4 aliphatic carbocycles. The molecule has 0 radical (unpaired) electrons. The zero-order valence-corrected chi connectivity index (χ0v) is 5.80. The Bertz CT molecular complexity index is 175. The molecule has 4 rings (SSSR count). The van der Waals surface area contributed by atoms with Crippen LogP contribution in [0.1, 0.15) is 19.8 Å². The lowest BCUT2D eigenvalue weighted by Crippen LogP contribution is -2.23. The normalized spacial score (nSPS) is 75.3. The van der Waals surface area contributed by atoms with Crippen molar-refractivity contribution in [2.45, 2.75) is 25.8 Å². The van der Waals surface area contributed by atoms with Gasteiger partial charge in [-0.05, 0) is 36.0 Å². The lowest BCUT2D eigenvalue weighted by Gasteiger charge is -2.04. The molecule has 0 spiro atoms. The van der Waals surface area contributed by atoms with Crippen LogP contribution in [0.5, 0.6) is 0 Å². The zero-order chi connectivity index (χ0) is 6.22. The maximum atomic E-state index is 5.99. The number of nitrogens with two attached hydrogens (primary N) is 1. The minimum Gasteiger partial charge on any atom is -0.327 e. The van der Waals surface area contributed by atoms with E-state index < -0.39 is 0 Å². The fourth-order valence-corrected chi connectivity index (χ4v) is 3.67. The Morgan fingerprint density at radius 1 is 1.56 bits per heavy atom. The third-order valence-corrected chi connectivity index (χ3v) is 4.15. The van der Waals surface area contributed by atoms with E-state index in [9.17, 15) is 0 Å². The molecule has 2 N–H and O–H groups in total. The Morgan fingerprint density at radius 2 is 2.33 bits per heavy atom. The van der Waals surface area contributed by atoms with E-state index in [0.29, 0.717) is 6.04 Å². The van der Waals surface area contributed by atoms with Gasteiger partial charge in [0.25, 0.3) is 0 Å². The van der Waals surface area contributed by atoms with Crippen molar-refractivity contribution in [3.8, 4) is 0 Å². The first-order valence-corrected chi connectivity index (χ1v) is 3.99. The van der Waals surface area contributed by atoms with Crippen LogP contribution in [-0.4, -0.2) is 6.04 Å². The summed E-state index contributed by atoms with van der Waals surface area (Å²) in [5.41, 5.74) is 6.73. The molecule has 50 valence electrons. The van der Waals surface area contributed by atoms with Crippen LogP contribution < -0.4 is 5.73 Å². The third kappa shape index (κ3) is 0.295. The van der Waals surface area contributed by atoms with Crippen LogP contribution >= 0.6 is 0 Å². The zero-order valence-electron chi connectivity index (χ0n) is 5.80. The summed E-state index contributed by atoms with van der Waals surface area (Å²) in [7, 11) is 0. The highest BCUT2D eigenvalue weighted by molar-refractivity contribution is 5.25. The monoisotopic (exact) mass is 123 g/mol. The van der Waals surface area contributed by atoms with Crippen molar-refractivity contribution in [2.24, 2.45) is 28.9 Å². The summed E-state index contributed by atoms with van der Waals surface area (Å²) in [6.45, 7) is 2.43. The molecule has 4 saturated carbocycles. The molecule has 1 nitrogen and oxygen atoms in total. The summed E-state index contributed by atoms with van der Waals surface area (Å²) in [6.07, 6.45) is 2.91. The molecule has 0 aliphatic heterocycles. The summed E-state index contributed by atoms with van der Waals surface area (Å²) in [5.74, 6) is 2.92. The van der Waals surface area contributed by atoms with Crippen molar-refractivity contribution in [1.29, 1.82) is 0 Å². The van der Waals surface area contributed by atoms with E-state index in [-0.39, 0.29) is 0 Å². The molecule has 0 aromatic carbocycles. The van der Waals surface area contributed by atoms with Crippen LogP contribution in [0.2, 0.25) is 0 Å². The van der Waals surface area contributed by atoms with Gasteiger partial charge in [0.1, 0.15) is 0 Å². The van der Waals surface area contributed by atoms with Gasteiger partial charge in [-0.1, -0.05) is 6.92 Å². The lowest BCUT2D eigenvalue weighted by molar-refractivity contribution is 0.519. The minimum absolute atomic E-state index is 0.597. The smallest absolute Gasteiger partial charge is 0.0104 e. The van der Waals surface area contributed by atoms with Gasteiger partial charge in [0.2, 0.25) is 0 Å². The first-order valence-electron chi connectivity index (χ1n) is 3.99. The predicted molar refractivity (Wildman–Crippen MR) is 35.8 cm³/mol. The van der Waals surface area contributed by atoms with Gasteiger partial charge in [-0.25, -0.2) is 0 Å². The highest BCUT2D eigenvalue weighted by atomic mass is 14.9. The van der Waals surface area contributed by atoms with Crippen LogP contribution in [0.15, 0.2) is 0 Å². The van der Waals surface area contributed by atoms with Crippen LogP contribution in [0.3, 0.4) is 0 Å².